The minimum atomic E-state index is -5.15. The number of likely N-dealkylation sites (tertiary alicyclic amines) is 2. The lowest BCUT2D eigenvalue weighted by molar-refractivity contribution is -0.143. The maximum atomic E-state index is 14.2. The number of nitrogens with zero attached hydrogens (tertiary/aromatic N) is 9. The van der Waals surface area contributed by atoms with Gasteiger partial charge in [-0.25, -0.2) is 9.18 Å². The van der Waals surface area contributed by atoms with Crippen LogP contribution < -0.4 is 10.2 Å². The number of fused-ring (bicyclic) bond motifs is 2. The molecule has 2 atom stereocenters. The number of piperidine rings is 2. The molecule has 1 aliphatic carbocycles. The van der Waals surface area contributed by atoms with Crippen LogP contribution in [0.2, 0.25) is 0 Å². The van der Waals surface area contributed by atoms with E-state index in [1.807, 2.05) is 73.8 Å². The zero-order valence-corrected chi connectivity index (χ0v) is 54.8. The highest BCUT2D eigenvalue weighted by Crippen LogP contribution is 2.49. The van der Waals surface area contributed by atoms with Gasteiger partial charge in [0, 0.05) is 103 Å². The largest absolute Gasteiger partial charge is 0.465 e. The number of carbonyl (C=O) groups excluding carboxylic acids is 4. The molecule has 1 aromatic heterocycles. The number of hydrogen-bond donors (Lipinski definition) is 2. The summed E-state index contributed by atoms with van der Waals surface area (Å²) in [5.74, 6) is -1.56. The molecule has 25 heteroatoms. The number of rotatable bonds is 26. The summed E-state index contributed by atoms with van der Waals surface area (Å²) < 4.78 is 110. The van der Waals surface area contributed by atoms with Gasteiger partial charge in [0.25, 0.3) is 11.8 Å². The molecule has 0 radical (unpaired) electrons. The van der Waals surface area contributed by atoms with E-state index < -0.39 is 64.6 Å². The van der Waals surface area contributed by atoms with Crippen LogP contribution >= 0.6 is 0 Å². The van der Waals surface area contributed by atoms with Gasteiger partial charge in [0.15, 0.2) is 5.69 Å². The number of alkyl halides is 6. The van der Waals surface area contributed by atoms with E-state index >= 15 is 0 Å². The van der Waals surface area contributed by atoms with Crippen molar-refractivity contribution >= 4 is 41.2 Å². The Kier molecular flexibility index (Phi) is 23.0. The van der Waals surface area contributed by atoms with E-state index in [9.17, 15) is 59.8 Å². The molecule has 6 aromatic rings. The molecule has 97 heavy (non-hydrogen) atoms. The van der Waals surface area contributed by atoms with Crippen LogP contribution in [-0.2, 0) is 48.9 Å². The van der Waals surface area contributed by atoms with Crippen molar-refractivity contribution in [2.24, 2.45) is 0 Å². The molecule has 5 amide bonds. The second-order valence-electron chi connectivity index (χ2n) is 25.8. The predicted octanol–water partition coefficient (Wildman–Crippen LogP) is 11.7. The molecule has 3 fully saturated rings. The normalized spacial score (nSPS) is 18.2. The third-order valence-corrected chi connectivity index (χ3v) is 19.6. The van der Waals surface area contributed by atoms with E-state index in [2.05, 4.69) is 37.4 Å². The number of para-hydroxylation sites is 1. The summed E-state index contributed by atoms with van der Waals surface area (Å²) >= 11 is 0. The summed E-state index contributed by atoms with van der Waals surface area (Å²) in [5.41, 5.74) is -0.239. The van der Waals surface area contributed by atoms with Crippen LogP contribution in [0.1, 0.15) is 113 Å². The van der Waals surface area contributed by atoms with Gasteiger partial charge in [0.2, 0.25) is 11.8 Å². The summed E-state index contributed by atoms with van der Waals surface area (Å²) in [6.45, 7) is 4.85. The fraction of sp³-hybridized carbons (Fsp3) is 0.458. The SMILES string of the molecule is CN(CCN1CCC(N(C(=O)O)c2ccccc2-c2ccccc2)CC1)C(=O)CCCCCNc1ccc(C(=O)N(C)CCCN(C)C(=O)CO[C@H]2Cc3ccccc3C23CCN(CC[C@@]2(c4ccc(F)cc4)CN(C(=O)c4cc(C(F)(F)F)cc(C(F)(F)F)c4)CO2)CC3)nn1. The number of aromatic nitrogens is 2. The standard InChI is InChI=1S/C72H83F7N10O8/c1-83(34-14-35-85(3)67(93)60-26-27-63(82-81-60)80-33-13-5-8-21-64(90)84(2)41-42-86-36-28-57(29-37-86)89(68(94)95)61-20-12-10-18-58(61)50-15-6-4-7-16-50)65(91)47-96-62-45-51-17-9-11-19-59(51)69(62)30-38-87(39-31-69)40-32-70(53-22-24-56(73)25-23-53)48-88(49-97-70)66(92)52-43-54(71(74,75)76)46-55(44-52)72(77,78)79/h4,6-7,9-12,15-20,22-27,43-44,46,57,62H,5,8,13-14,21,28-42,45,47-49H2,1-3H3,(H,80,82)(H,94,95)/t62-,70-/m0/s1. The summed E-state index contributed by atoms with van der Waals surface area (Å²) in [6.07, 6.45) is -4.77. The molecule has 5 aromatic carbocycles. The summed E-state index contributed by atoms with van der Waals surface area (Å²) in [6, 6.07) is 34.9. The topological polar surface area (TPSA) is 185 Å². The molecule has 3 saturated heterocycles. The Balaban J connectivity index is 0.616. The first-order valence-corrected chi connectivity index (χ1v) is 33.0. The Morgan fingerprint density at radius 3 is 2.02 bits per heavy atom. The van der Waals surface area contributed by atoms with Crippen molar-refractivity contribution in [1.29, 1.82) is 0 Å². The van der Waals surface area contributed by atoms with Crippen LogP contribution in [0, 0.1) is 5.82 Å². The van der Waals surface area contributed by atoms with Crippen molar-refractivity contribution in [3.8, 4) is 11.1 Å². The smallest absolute Gasteiger partial charge is 0.416 e. The molecule has 18 nitrogen and oxygen atoms in total. The zero-order chi connectivity index (χ0) is 69.1. The van der Waals surface area contributed by atoms with Crippen LogP contribution in [0.5, 0.6) is 0 Å². The number of carbonyl (C=O) groups is 5. The number of unbranched alkanes of at least 4 members (excludes halogenated alkanes) is 2. The minimum absolute atomic E-state index is 0.0323. The van der Waals surface area contributed by atoms with E-state index in [0.29, 0.717) is 127 Å². The highest BCUT2D eigenvalue weighted by molar-refractivity contribution is 5.95. The predicted molar refractivity (Wildman–Crippen MR) is 351 cm³/mol. The van der Waals surface area contributed by atoms with Crippen LogP contribution in [0.15, 0.2) is 133 Å². The molecule has 0 saturated carbocycles. The molecule has 4 aliphatic rings. The summed E-state index contributed by atoms with van der Waals surface area (Å²) in [5, 5.41) is 22.0. The number of hydrogen-bond acceptors (Lipinski definition) is 12. The number of benzene rings is 5. The first-order valence-electron chi connectivity index (χ1n) is 33.0. The second kappa shape index (κ2) is 31.3. The maximum absolute atomic E-state index is 14.2. The third-order valence-electron chi connectivity index (χ3n) is 19.6. The van der Waals surface area contributed by atoms with E-state index in [0.717, 1.165) is 59.5 Å². The average molecular weight is 1350 g/mol. The Bertz CT molecular complexity index is 3650. The van der Waals surface area contributed by atoms with E-state index in [1.165, 1.54) is 34.1 Å². The van der Waals surface area contributed by atoms with Crippen molar-refractivity contribution in [2.45, 2.75) is 106 Å². The monoisotopic (exact) mass is 1350 g/mol. The lowest BCUT2D eigenvalue weighted by atomic mass is 9.72. The van der Waals surface area contributed by atoms with Crippen LogP contribution in [0.25, 0.3) is 11.1 Å². The third kappa shape index (κ3) is 17.4. The number of amides is 5. The molecule has 1 spiro atoms. The van der Waals surface area contributed by atoms with Crippen molar-refractivity contribution in [3.63, 3.8) is 0 Å². The molecular weight excluding hydrogens is 1270 g/mol. The van der Waals surface area contributed by atoms with Gasteiger partial charge < -0.3 is 49.3 Å². The quantitative estimate of drug-likeness (QED) is 0.0387. The Morgan fingerprint density at radius 1 is 0.691 bits per heavy atom. The minimum Gasteiger partial charge on any atom is -0.465 e. The van der Waals surface area contributed by atoms with Crippen molar-refractivity contribution < 1.29 is 69.3 Å². The number of likely N-dealkylation sites (N-methyl/N-ethyl adjacent to an activating group) is 2. The summed E-state index contributed by atoms with van der Waals surface area (Å²) in [7, 11) is 5.18. The van der Waals surface area contributed by atoms with Crippen molar-refractivity contribution in [2.75, 3.05) is 117 Å². The molecule has 0 unspecified atom stereocenters. The van der Waals surface area contributed by atoms with Crippen LogP contribution in [0.3, 0.4) is 0 Å². The summed E-state index contributed by atoms with van der Waals surface area (Å²) in [4.78, 5) is 78.4. The maximum Gasteiger partial charge on any atom is 0.416 e. The van der Waals surface area contributed by atoms with Gasteiger partial charge in [-0.1, -0.05) is 91.3 Å². The van der Waals surface area contributed by atoms with Gasteiger partial charge in [-0.2, -0.15) is 26.3 Å². The number of anilines is 2. The molecule has 2 N–H and O–H groups in total. The zero-order valence-electron chi connectivity index (χ0n) is 54.8. The van der Waals surface area contributed by atoms with Gasteiger partial charge in [-0.15, -0.1) is 10.2 Å². The van der Waals surface area contributed by atoms with E-state index in [1.54, 1.807) is 36.0 Å². The number of carboxylic acid groups (broad SMARTS) is 1. The molecule has 3 aliphatic heterocycles. The fourth-order valence-electron chi connectivity index (χ4n) is 13.9. The van der Waals surface area contributed by atoms with Gasteiger partial charge in [-0.3, -0.25) is 24.1 Å². The van der Waals surface area contributed by atoms with Gasteiger partial charge in [-0.05, 0) is 142 Å². The first-order chi connectivity index (χ1) is 46.4. The fourth-order valence-corrected chi connectivity index (χ4v) is 13.9. The van der Waals surface area contributed by atoms with Crippen LogP contribution in [-0.4, -0.2) is 193 Å². The van der Waals surface area contributed by atoms with Gasteiger partial charge in [0.1, 0.15) is 30.6 Å². The Morgan fingerprint density at radius 2 is 1.34 bits per heavy atom. The second-order valence-corrected chi connectivity index (χ2v) is 25.8. The van der Waals surface area contributed by atoms with Gasteiger partial charge >= 0.3 is 18.4 Å². The van der Waals surface area contributed by atoms with Crippen LogP contribution in [0.4, 0.5) is 47.0 Å². The van der Waals surface area contributed by atoms with Gasteiger partial charge in [0.05, 0.1) is 29.5 Å². The molecule has 10 rings (SSSR count). The van der Waals surface area contributed by atoms with E-state index in [-0.39, 0.29) is 61.2 Å². The lowest BCUT2D eigenvalue weighted by Crippen LogP contribution is -2.50. The molecule has 518 valence electrons. The average Bonchev–Trinajstić information content (AvgIpc) is 1.61. The lowest BCUT2D eigenvalue weighted by Gasteiger charge is -2.44. The van der Waals surface area contributed by atoms with Crippen molar-refractivity contribution in [1.82, 2.24) is 39.6 Å². The Labute approximate surface area is 560 Å². The highest BCUT2D eigenvalue weighted by atomic mass is 19.4. The molecular formula is C72H83F7N10O8. The van der Waals surface area contributed by atoms with E-state index in [4.69, 9.17) is 9.47 Å². The van der Waals surface area contributed by atoms with Crippen molar-refractivity contribution in [3.05, 3.63) is 178 Å². The molecule has 0 bridgehead atoms. The number of halogens is 7. The first kappa shape index (κ1) is 71.3. The molecule has 4 heterocycles. The number of nitrogens with one attached hydrogen (secondary N) is 1. The number of ether oxygens (including phenoxy) is 2. The Hall–Kier alpha value is -8.52. The highest BCUT2D eigenvalue weighted by Gasteiger charge is 2.50.